The van der Waals surface area contributed by atoms with Crippen molar-refractivity contribution < 1.29 is 49.0 Å². The predicted molar refractivity (Wildman–Crippen MR) is 45.9 cm³/mol. The Kier molecular flexibility index (Phi) is 6.63. The molecule has 0 unspecified atom stereocenters. The molecule has 0 bridgehead atoms. The van der Waals surface area contributed by atoms with Crippen molar-refractivity contribution in [2.24, 2.45) is 0 Å². The molecule has 1 rings (SSSR count). The molecule has 1 aliphatic rings. The number of nitrogens with one attached hydrogen (secondary N) is 1. The zero-order chi connectivity index (χ0) is 10.6. The number of hydrogen-bond donors (Lipinski definition) is 1. The number of carbonyl (C=O) groups is 2. The molecule has 0 atom stereocenters. The van der Waals surface area contributed by atoms with Crippen LogP contribution in [0, 0.1) is 0 Å². The number of carbonyl (C=O) groups excluding carboxylic acids is 2. The van der Waals surface area contributed by atoms with Crippen molar-refractivity contribution in [2.75, 3.05) is 13.7 Å². The Balaban J connectivity index is 0.00000196. The Morgan fingerprint density at radius 3 is 2.67 bits per heavy atom. The van der Waals surface area contributed by atoms with Gasteiger partial charge in [-0.2, -0.15) is 0 Å². The molecule has 5 nitrogen and oxygen atoms in total. The molecule has 0 fully saturated rings. The van der Waals surface area contributed by atoms with E-state index in [2.05, 4.69) is 10.1 Å². The Morgan fingerprint density at radius 1 is 1.47 bits per heavy atom. The van der Waals surface area contributed by atoms with Crippen LogP contribution in [0.15, 0.2) is 11.3 Å². The van der Waals surface area contributed by atoms with Crippen molar-refractivity contribution in [3.63, 3.8) is 0 Å². The van der Waals surface area contributed by atoms with E-state index in [1.807, 2.05) is 0 Å². The molecule has 0 saturated heterocycles. The molecule has 0 radical (unpaired) electrons. The second-order valence-electron chi connectivity index (χ2n) is 3.03. The van der Waals surface area contributed by atoms with Gasteiger partial charge >= 0.3 is 35.5 Å². The fourth-order valence-corrected chi connectivity index (χ4v) is 1.47. The number of carboxylic acid groups (broad SMARTS) is 1. The SMILES string of the molecule is COC(=O)C1=C(NCC(=O)[O-])CCC1.[Na+]. The van der Waals surface area contributed by atoms with Crippen LogP contribution in [0.4, 0.5) is 0 Å². The van der Waals surface area contributed by atoms with Gasteiger partial charge in [-0.3, -0.25) is 0 Å². The number of ether oxygens (including phenoxy) is 1. The van der Waals surface area contributed by atoms with Crippen molar-refractivity contribution in [1.29, 1.82) is 0 Å². The monoisotopic (exact) mass is 221 g/mol. The molecule has 0 saturated carbocycles. The summed E-state index contributed by atoms with van der Waals surface area (Å²) >= 11 is 0. The minimum absolute atomic E-state index is 0. The molecule has 0 aromatic rings. The minimum Gasteiger partial charge on any atom is -0.548 e. The van der Waals surface area contributed by atoms with Gasteiger partial charge < -0.3 is 20.0 Å². The Bertz CT molecular complexity index is 288. The number of carboxylic acids is 1. The van der Waals surface area contributed by atoms with Crippen molar-refractivity contribution in [1.82, 2.24) is 5.32 Å². The molecule has 15 heavy (non-hydrogen) atoms. The van der Waals surface area contributed by atoms with E-state index in [-0.39, 0.29) is 42.1 Å². The van der Waals surface area contributed by atoms with Gasteiger partial charge in [0.15, 0.2) is 0 Å². The third kappa shape index (κ3) is 4.24. The fourth-order valence-electron chi connectivity index (χ4n) is 1.47. The van der Waals surface area contributed by atoms with Crippen LogP contribution in [0.1, 0.15) is 19.3 Å². The maximum atomic E-state index is 11.2. The molecule has 0 spiro atoms. The van der Waals surface area contributed by atoms with E-state index in [4.69, 9.17) is 0 Å². The van der Waals surface area contributed by atoms with Gasteiger partial charge in [0, 0.05) is 5.70 Å². The van der Waals surface area contributed by atoms with Gasteiger partial charge in [-0.05, 0) is 19.3 Å². The first-order valence-electron chi connectivity index (χ1n) is 4.39. The number of allylic oxidation sites excluding steroid dienone is 1. The Morgan fingerprint density at radius 2 is 2.13 bits per heavy atom. The molecule has 78 valence electrons. The number of methoxy groups -OCH3 is 1. The van der Waals surface area contributed by atoms with Crippen LogP contribution < -0.4 is 40.0 Å². The summed E-state index contributed by atoms with van der Waals surface area (Å²) in [6.07, 6.45) is 2.18. The van der Waals surface area contributed by atoms with Crippen LogP contribution in [-0.2, 0) is 14.3 Å². The number of aliphatic carboxylic acids is 1. The minimum atomic E-state index is -1.19. The first-order valence-corrected chi connectivity index (χ1v) is 4.39. The summed E-state index contributed by atoms with van der Waals surface area (Å²) in [4.78, 5) is 21.4. The maximum Gasteiger partial charge on any atom is 1.00 e. The molecule has 0 heterocycles. The summed E-state index contributed by atoms with van der Waals surface area (Å²) in [5.41, 5.74) is 1.22. The summed E-state index contributed by atoms with van der Waals surface area (Å²) in [5.74, 6) is -1.57. The van der Waals surface area contributed by atoms with Gasteiger partial charge in [0.25, 0.3) is 0 Å². The third-order valence-electron chi connectivity index (χ3n) is 2.10. The molecule has 6 heteroatoms. The zero-order valence-corrected chi connectivity index (χ0v) is 11.0. The molecule has 0 aromatic carbocycles. The summed E-state index contributed by atoms with van der Waals surface area (Å²) in [6, 6.07) is 0. The van der Waals surface area contributed by atoms with Gasteiger partial charge in [-0.15, -0.1) is 0 Å². The quantitative estimate of drug-likeness (QED) is 0.386. The third-order valence-corrected chi connectivity index (χ3v) is 2.10. The van der Waals surface area contributed by atoms with E-state index >= 15 is 0 Å². The van der Waals surface area contributed by atoms with Gasteiger partial charge in [0.05, 0.1) is 25.2 Å². The predicted octanol–water partition coefficient (Wildman–Crippen LogP) is -4.06. The average Bonchev–Trinajstić information content (AvgIpc) is 2.61. The van der Waals surface area contributed by atoms with Crippen LogP contribution >= 0.6 is 0 Å². The standard InChI is InChI=1S/C9H13NO4.Na/c1-14-9(13)6-3-2-4-7(6)10-5-8(11)12;/h10H,2-5H2,1H3,(H,11,12);/q;+1/p-1. The normalized spacial score (nSPS) is 14.5. The fraction of sp³-hybridized carbons (Fsp3) is 0.556. The topological polar surface area (TPSA) is 78.5 Å². The van der Waals surface area contributed by atoms with Crippen LogP contribution in [0.3, 0.4) is 0 Å². The van der Waals surface area contributed by atoms with Crippen molar-refractivity contribution in [3.05, 3.63) is 11.3 Å². The van der Waals surface area contributed by atoms with Crippen molar-refractivity contribution in [3.8, 4) is 0 Å². The molecule has 0 amide bonds. The van der Waals surface area contributed by atoms with Gasteiger partial charge in [0.1, 0.15) is 0 Å². The summed E-state index contributed by atoms with van der Waals surface area (Å²) in [5, 5.41) is 12.9. The van der Waals surface area contributed by atoms with Crippen LogP contribution in [-0.4, -0.2) is 25.6 Å². The molecule has 1 N–H and O–H groups in total. The number of rotatable bonds is 4. The van der Waals surface area contributed by atoms with Crippen LogP contribution in [0.25, 0.3) is 0 Å². The molecule has 1 aliphatic carbocycles. The van der Waals surface area contributed by atoms with E-state index < -0.39 is 5.97 Å². The van der Waals surface area contributed by atoms with E-state index in [1.54, 1.807) is 0 Å². The van der Waals surface area contributed by atoms with Gasteiger partial charge in [-0.25, -0.2) is 4.79 Å². The van der Waals surface area contributed by atoms with Crippen LogP contribution in [0.5, 0.6) is 0 Å². The van der Waals surface area contributed by atoms with E-state index in [0.717, 1.165) is 6.42 Å². The second kappa shape index (κ2) is 6.87. The van der Waals surface area contributed by atoms with Crippen molar-refractivity contribution >= 4 is 11.9 Å². The molecule has 0 aromatic heterocycles. The van der Waals surface area contributed by atoms with E-state index in [1.165, 1.54) is 7.11 Å². The Hall–Kier alpha value is -0.520. The second-order valence-corrected chi connectivity index (χ2v) is 3.03. The molecular formula is C9H12NNaO4. The molecular weight excluding hydrogens is 209 g/mol. The Labute approximate surface area is 110 Å². The van der Waals surface area contributed by atoms with E-state index in [0.29, 0.717) is 24.1 Å². The zero-order valence-electron chi connectivity index (χ0n) is 8.96. The summed E-state index contributed by atoms with van der Waals surface area (Å²) < 4.78 is 4.57. The molecule has 0 aliphatic heterocycles. The first-order chi connectivity index (χ1) is 6.65. The first kappa shape index (κ1) is 14.5. The van der Waals surface area contributed by atoms with Crippen molar-refractivity contribution in [2.45, 2.75) is 19.3 Å². The number of esters is 1. The number of hydrogen-bond acceptors (Lipinski definition) is 5. The smallest absolute Gasteiger partial charge is 0.548 e. The summed E-state index contributed by atoms with van der Waals surface area (Å²) in [7, 11) is 1.31. The van der Waals surface area contributed by atoms with E-state index in [9.17, 15) is 14.7 Å². The summed E-state index contributed by atoms with van der Waals surface area (Å²) in [6.45, 7) is -0.268. The largest absolute Gasteiger partial charge is 1.00 e. The maximum absolute atomic E-state index is 11.2. The van der Waals surface area contributed by atoms with Crippen LogP contribution in [0.2, 0.25) is 0 Å². The average molecular weight is 221 g/mol. The van der Waals surface area contributed by atoms with Gasteiger partial charge in [0.2, 0.25) is 0 Å². The van der Waals surface area contributed by atoms with Gasteiger partial charge in [-0.1, -0.05) is 0 Å².